The molecule has 0 heterocycles. The second kappa shape index (κ2) is 29.6. The molecule has 0 unspecified atom stereocenters. The van der Waals surface area contributed by atoms with Crippen LogP contribution in [-0.4, -0.2) is 32.1 Å². The Hall–Kier alpha value is -1.63. The van der Waals surface area contributed by atoms with Crippen molar-refractivity contribution in [3.05, 3.63) is 0 Å². The van der Waals surface area contributed by atoms with Crippen LogP contribution in [0.2, 0.25) is 0 Å². The Balaban J connectivity index is -0.000000411. The number of ether oxygens (including phenoxy) is 2. The predicted octanol–water partition coefficient (Wildman–Crippen LogP) is 7.54. The summed E-state index contributed by atoms with van der Waals surface area (Å²) in [5.41, 5.74) is 0. The summed E-state index contributed by atoms with van der Waals surface area (Å²) in [4.78, 5) is 36.8. The van der Waals surface area contributed by atoms with Gasteiger partial charge >= 0.3 is 17.9 Å². The molecule has 0 aromatic carbocycles. The van der Waals surface area contributed by atoms with Crippen LogP contribution in [0.15, 0.2) is 0 Å². The minimum Gasteiger partial charge on any atom is -0.469 e. The number of esters is 2. The van der Waals surface area contributed by atoms with E-state index in [9.17, 15) is 14.4 Å². The zero-order chi connectivity index (χ0) is 28.2. The van der Waals surface area contributed by atoms with Crippen molar-refractivity contribution >= 4 is 17.9 Å². The molecule has 0 atom stereocenters. The van der Waals surface area contributed by atoms with Gasteiger partial charge in [0.05, 0.1) is 32.0 Å². The van der Waals surface area contributed by atoms with Gasteiger partial charge in [0.15, 0.2) is 0 Å². The van der Waals surface area contributed by atoms with Crippen molar-refractivity contribution in [2.75, 3.05) is 14.2 Å². The first-order valence-corrected chi connectivity index (χ1v) is 14.6. The molecular weight excluding hydrogens is 458 g/mol. The van der Waals surface area contributed by atoms with Crippen molar-refractivity contribution in [1.29, 1.82) is 0 Å². The maximum atomic E-state index is 11.1. The molecule has 36 heavy (non-hydrogen) atoms. The van der Waals surface area contributed by atoms with Crippen LogP contribution in [0.5, 0.6) is 0 Å². The molecular formula is C29H59NO6. The topological polar surface area (TPSA) is 105 Å². The molecule has 7 heteroatoms. The average molecular weight is 518 g/mol. The highest BCUT2D eigenvalue weighted by molar-refractivity contribution is 5.73. The maximum absolute atomic E-state index is 11.1. The second-order valence-corrected chi connectivity index (χ2v) is 8.49. The van der Waals surface area contributed by atoms with E-state index in [2.05, 4.69) is 9.57 Å². The molecule has 0 aliphatic heterocycles. The summed E-state index contributed by atoms with van der Waals surface area (Å²) in [6, 6.07) is 0. The lowest BCUT2D eigenvalue weighted by Crippen LogP contribution is -2.18. The molecule has 0 saturated heterocycles. The number of rotatable bonds is 3. The van der Waals surface area contributed by atoms with Crippen LogP contribution < -0.4 is 5.90 Å². The van der Waals surface area contributed by atoms with Gasteiger partial charge in [-0.15, -0.1) is 0 Å². The monoisotopic (exact) mass is 517 g/mol. The molecule has 216 valence electrons. The van der Waals surface area contributed by atoms with E-state index in [4.69, 9.17) is 10.6 Å². The van der Waals surface area contributed by atoms with Gasteiger partial charge < -0.3 is 14.3 Å². The van der Waals surface area contributed by atoms with Crippen molar-refractivity contribution in [3.8, 4) is 0 Å². The fourth-order valence-electron chi connectivity index (χ4n) is 4.44. The molecule has 0 amide bonds. The number of hydrogen-bond donors (Lipinski definition) is 1. The molecule has 0 bridgehead atoms. The summed E-state index contributed by atoms with van der Waals surface area (Å²) < 4.78 is 9.36. The average Bonchev–Trinajstić information content (AvgIpc) is 3.38. The van der Waals surface area contributed by atoms with Gasteiger partial charge in [-0.05, 0) is 38.5 Å². The number of methoxy groups -OCH3 is 2. The van der Waals surface area contributed by atoms with Crippen LogP contribution in [0.3, 0.4) is 0 Å². The van der Waals surface area contributed by atoms with Crippen molar-refractivity contribution in [1.82, 2.24) is 0 Å². The minimum absolute atomic E-state index is 0.00750. The number of hydrogen-bond acceptors (Lipinski definition) is 7. The molecule has 0 radical (unpaired) electrons. The molecule has 0 aromatic heterocycles. The Morgan fingerprint density at radius 2 is 0.694 bits per heavy atom. The fourth-order valence-corrected chi connectivity index (χ4v) is 4.44. The number of carbonyl (C=O) groups excluding carboxylic acids is 3. The van der Waals surface area contributed by atoms with Gasteiger partial charge in [-0.1, -0.05) is 99.3 Å². The second-order valence-electron chi connectivity index (χ2n) is 8.49. The van der Waals surface area contributed by atoms with Gasteiger partial charge in [-0.25, -0.2) is 0 Å². The predicted molar refractivity (Wildman–Crippen MR) is 148 cm³/mol. The van der Waals surface area contributed by atoms with Crippen molar-refractivity contribution in [2.24, 2.45) is 23.7 Å². The van der Waals surface area contributed by atoms with Gasteiger partial charge in [0.2, 0.25) is 0 Å². The van der Waals surface area contributed by atoms with Gasteiger partial charge in [-0.2, -0.15) is 5.90 Å². The highest BCUT2D eigenvalue weighted by Crippen LogP contribution is 2.25. The Morgan fingerprint density at radius 3 is 0.944 bits per heavy atom. The standard InChI is InChI=1S/C9H16O2.C8H14O2.C6H11NO2.3C2H6/c1-11-9(10)8-6-4-2-3-5-7-8;1-10-8(9)7-5-3-2-4-6-7;7-9-6(8)5-3-1-2-4-5;3*1-2/h8H,2-7H2,1H3;7H,2-6H2,1H3;5H,1-4,7H2;3*1-2H3. The molecule has 3 rings (SSSR count). The van der Waals surface area contributed by atoms with E-state index < -0.39 is 0 Å². The van der Waals surface area contributed by atoms with Crippen LogP contribution in [-0.2, 0) is 28.7 Å². The van der Waals surface area contributed by atoms with E-state index in [1.807, 2.05) is 41.5 Å². The quantitative estimate of drug-likeness (QED) is 0.234. The highest BCUT2D eigenvalue weighted by atomic mass is 16.7. The molecule has 2 N–H and O–H groups in total. The highest BCUT2D eigenvalue weighted by Gasteiger charge is 2.23. The van der Waals surface area contributed by atoms with Crippen LogP contribution in [0.4, 0.5) is 0 Å². The minimum atomic E-state index is -0.243. The van der Waals surface area contributed by atoms with Gasteiger partial charge in [0, 0.05) is 0 Å². The summed E-state index contributed by atoms with van der Waals surface area (Å²) in [6.45, 7) is 12.0. The third-order valence-corrected chi connectivity index (χ3v) is 6.33. The van der Waals surface area contributed by atoms with Crippen molar-refractivity contribution in [2.45, 2.75) is 138 Å². The van der Waals surface area contributed by atoms with Gasteiger partial charge in [0.1, 0.15) is 0 Å². The molecule has 3 fully saturated rings. The smallest absolute Gasteiger partial charge is 0.327 e. The summed E-state index contributed by atoms with van der Waals surface area (Å²) in [7, 11) is 2.95. The van der Waals surface area contributed by atoms with Gasteiger partial charge in [0.25, 0.3) is 0 Å². The fraction of sp³-hybridized carbons (Fsp3) is 0.897. The molecule has 3 saturated carbocycles. The molecule has 0 spiro atoms. The van der Waals surface area contributed by atoms with Crippen LogP contribution in [0, 0.1) is 17.8 Å². The lowest BCUT2D eigenvalue weighted by atomic mass is 9.89. The van der Waals surface area contributed by atoms with Crippen LogP contribution in [0.1, 0.15) is 138 Å². The first-order chi connectivity index (χ1) is 17.5. The molecule has 0 aromatic rings. The zero-order valence-electron chi connectivity index (χ0n) is 24.9. The van der Waals surface area contributed by atoms with Crippen LogP contribution >= 0.6 is 0 Å². The van der Waals surface area contributed by atoms with E-state index in [0.29, 0.717) is 0 Å². The lowest BCUT2D eigenvalue weighted by molar-refractivity contribution is -0.149. The SMILES string of the molecule is CC.CC.CC.COC(=O)C1CCCCC1.COC(=O)C1CCCCCC1.NOC(=O)C1CCCC1. The first kappa shape index (κ1) is 38.9. The summed E-state index contributed by atoms with van der Waals surface area (Å²) in [5, 5.41) is 0. The third kappa shape index (κ3) is 19.5. The Morgan fingerprint density at radius 1 is 0.472 bits per heavy atom. The molecule has 7 nitrogen and oxygen atoms in total. The zero-order valence-corrected chi connectivity index (χ0v) is 24.9. The largest absolute Gasteiger partial charge is 0.469 e. The summed E-state index contributed by atoms with van der Waals surface area (Å²) >= 11 is 0. The summed E-state index contributed by atoms with van der Waals surface area (Å²) in [5.74, 6) is 4.93. The first-order valence-electron chi connectivity index (χ1n) is 14.6. The third-order valence-electron chi connectivity index (χ3n) is 6.33. The Bertz CT molecular complexity index is 492. The van der Waals surface area contributed by atoms with Crippen molar-refractivity contribution < 1.29 is 28.7 Å². The molecule has 3 aliphatic carbocycles. The van der Waals surface area contributed by atoms with E-state index in [0.717, 1.165) is 51.4 Å². The van der Waals surface area contributed by atoms with Gasteiger partial charge in [-0.3, -0.25) is 14.4 Å². The van der Waals surface area contributed by atoms with E-state index >= 15 is 0 Å². The van der Waals surface area contributed by atoms with Crippen LogP contribution in [0.25, 0.3) is 0 Å². The number of nitrogens with two attached hydrogens (primary N) is 1. The molecule has 3 aliphatic rings. The van der Waals surface area contributed by atoms with E-state index in [1.165, 1.54) is 59.2 Å². The lowest BCUT2D eigenvalue weighted by Gasteiger charge is -2.18. The van der Waals surface area contributed by atoms with E-state index in [1.54, 1.807) is 0 Å². The Kier molecular flexibility index (Phi) is 32.0. The summed E-state index contributed by atoms with van der Waals surface area (Å²) in [6.07, 6.45) is 17.0. The maximum Gasteiger partial charge on any atom is 0.327 e. The normalized spacial score (nSPS) is 17.6. The number of carbonyl (C=O) groups is 3. The van der Waals surface area contributed by atoms with Crippen molar-refractivity contribution in [3.63, 3.8) is 0 Å². The van der Waals surface area contributed by atoms with E-state index in [-0.39, 0.29) is 35.7 Å². The Labute approximate surface area is 222 Å².